The third-order valence-electron chi connectivity index (χ3n) is 2.36. The van der Waals surface area contributed by atoms with Crippen LogP contribution in [0, 0.1) is 0 Å². The van der Waals surface area contributed by atoms with Crippen LogP contribution in [0.15, 0.2) is 17.2 Å². The summed E-state index contributed by atoms with van der Waals surface area (Å²) in [6.07, 6.45) is 2.73. The minimum Gasteiger partial charge on any atom is -0.379 e. The lowest BCUT2D eigenvalue weighted by molar-refractivity contribution is 0.0989. The standard InChI is InChI=1S/C11H13N3O3S/c12-1-2-17-3-4-18-9-5-8(15)10-7(11(9)16)6-13-14-10/h5-6H,1-4,12H2,(H,13,14). The molecule has 0 unspecified atom stereocenters. The monoisotopic (exact) mass is 267 g/mol. The molecule has 1 aromatic heterocycles. The van der Waals surface area contributed by atoms with Gasteiger partial charge in [0.1, 0.15) is 5.69 Å². The van der Waals surface area contributed by atoms with Gasteiger partial charge >= 0.3 is 0 Å². The number of hydrogen-bond acceptors (Lipinski definition) is 6. The van der Waals surface area contributed by atoms with Crippen LogP contribution < -0.4 is 5.73 Å². The van der Waals surface area contributed by atoms with Gasteiger partial charge in [0.15, 0.2) is 0 Å². The molecule has 1 aliphatic rings. The average Bonchev–Trinajstić information content (AvgIpc) is 2.84. The summed E-state index contributed by atoms with van der Waals surface area (Å²) < 4.78 is 5.20. The third-order valence-corrected chi connectivity index (χ3v) is 3.35. The Labute approximate surface area is 108 Å². The molecular formula is C11H13N3O3S. The highest BCUT2D eigenvalue weighted by Crippen LogP contribution is 2.26. The van der Waals surface area contributed by atoms with Crippen LogP contribution in [0.25, 0.3) is 0 Å². The van der Waals surface area contributed by atoms with Crippen molar-refractivity contribution in [2.45, 2.75) is 0 Å². The lowest BCUT2D eigenvalue weighted by Gasteiger charge is -2.10. The number of carbonyl (C=O) groups is 2. The van der Waals surface area contributed by atoms with E-state index < -0.39 is 0 Å². The molecule has 1 aromatic rings. The maximum Gasteiger partial charge on any atom is 0.205 e. The van der Waals surface area contributed by atoms with E-state index in [-0.39, 0.29) is 17.3 Å². The summed E-state index contributed by atoms with van der Waals surface area (Å²) in [5.74, 6) is 0.229. The number of nitrogens with one attached hydrogen (secondary N) is 1. The van der Waals surface area contributed by atoms with Gasteiger partial charge in [0.2, 0.25) is 11.6 Å². The van der Waals surface area contributed by atoms with Crippen molar-refractivity contribution < 1.29 is 14.3 Å². The first-order chi connectivity index (χ1) is 8.74. The molecule has 1 heterocycles. The molecule has 0 radical (unpaired) electrons. The van der Waals surface area contributed by atoms with E-state index in [0.29, 0.717) is 36.0 Å². The number of aromatic nitrogens is 2. The fraction of sp³-hybridized carbons (Fsp3) is 0.364. The number of nitrogens with zero attached hydrogens (tertiary/aromatic N) is 1. The number of fused-ring (bicyclic) bond motifs is 1. The average molecular weight is 267 g/mol. The number of carbonyl (C=O) groups excluding carboxylic acids is 2. The summed E-state index contributed by atoms with van der Waals surface area (Å²) in [7, 11) is 0. The minimum atomic E-state index is -0.215. The highest BCUT2D eigenvalue weighted by atomic mass is 32.2. The first kappa shape index (κ1) is 13.0. The van der Waals surface area contributed by atoms with Crippen molar-refractivity contribution >= 4 is 23.3 Å². The van der Waals surface area contributed by atoms with Crippen LogP contribution in [0.3, 0.4) is 0 Å². The quantitative estimate of drug-likeness (QED) is 0.723. The van der Waals surface area contributed by atoms with Crippen molar-refractivity contribution in [3.05, 3.63) is 28.4 Å². The molecular weight excluding hydrogens is 254 g/mol. The van der Waals surface area contributed by atoms with Crippen molar-refractivity contribution in [3.63, 3.8) is 0 Å². The number of ether oxygens (including phenoxy) is 1. The van der Waals surface area contributed by atoms with Gasteiger partial charge in [0, 0.05) is 18.4 Å². The number of allylic oxidation sites excluding steroid dienone is 2. The van der Waals surface area contributed by atoms with Gasteiger partial charge in [-0.3, -0.25) is 14.7 Å². The van der Waals surface area contributed by atoms with E-state index in [1.54, 1.807) is 0 Å². The Hall–Kier alpha value is -1.44. The molecule has 0 aliphatic heterocycles. The highest BCUT2D eigenvalue weighted by molar-refractivity contribution is 8.04. The Morgan fingerprint density at radius 2 is 2.22 bits per heavy atom. The molecule has 3 N–H and O–H groups in total. The summed E-state index contributed by atoms with van der Waals surface area (Å²) in [5.41, 5.74) is 5.89. The number of nitrogens with two attached hydrogens (primary N) is 1. The van der Waals surface area contributed by atoms with Gasteiger partial charge in [-0.25, -0.2) is 0 Å². The first-order valence-corrected chi connectivity index (χ1v) is 6.47. The van der Waals surface area contributed by atoms with Crippen LogP contribution >= 0.6 is 11.8 Å². The second kappa shape index (κ2) is 5.94. The van der Waals surface area contributed by atoms with Gasteiger partial charge < -0.3 is 10.5 Å². The largest absolute Gasteiger partial charge is 0.379 e. The van der Waals surface area contributed by atoms with Gasteiger partial charge in [-0.1, -0.05) is 0 Å². The summed E-state index contributed by atoms with van der Waals surface area (Å²) in [6.45, 7) is 1.47. The van der Waals surface area contributed by atoms with E-state index >= 15 is 0 Å². The van der Waals surface area contributed by atoms with Gasteiger partial charge in [-0.2, -0.15) is 5.10 Å². The molecule has 96 valence electrons. The molecule has 1 aliphatic carbocycles. The van der Waals surface area contributed by atoms with Gasteiger partial charge in [-0.05, 0) is 0 Å². The smallest absolute Gasteiger partial charge is 0.205 e. The fourth-order valence-electron chi connectivity index (χ4n) is 1.54. The molecule has 6 nitrogen and oxygen atoms in total. The molecule has 0 bridgehead atoms. The lowest BCUT2D eigenvalue weighted by Crippen LogP contribution is -2.15. The highest BCUT2D eigenvalue weighted by Gasteiger charge is 2.27. The number of aromatic amines is 1. The number of thioether (sulfide) groups is 1. The number of Topliss-reactive ketones (excluding diaryl/α,β-unsaturated/α-hetero) is 1. The zero-order valence-electron chi connectivity index (χ0n) is 9.64. The first-order valence-electron chi connectivity index (χ1n) is 5.48. The topological polar surface area (TPSA) is 98.1 Å². The van der Waals surface area contributed by atoms with E-state index in [2.05, 4.69) is 10.2 Å². The predicted octanol–water partition coefficient (Wildman–Crippen LogP) is 0.381. The molecule has 18 heavy (non-hydrogen) atoms. The van der Waals surface area contributed by atoms with Crippen LogP contribution in [-0.4, -0.2) is 47.3 Å². The summed E-state index contributed by atoms with van der Waals surface area (Å²) in [5, 5.41) is 6.24. The van der Waals surface area contributed by atoms with Crippen molar-refractivity contribution in [2.75, 3.05) is 25.5 Å². The Morgan fingerprint density at radius 3 is 3.00 bits per heavy atom. The molecule has 0 atom stereocenters. The molecule has 2 rings (SSSR count). The molecule has 7 heteroatoms. The molecule has 0 fully saturated rings. The van der Waals surface area contributed by atoms with Crippen LogP contribution in [-0.2, 0) is 4.74 Å². The SMILES string of the molecule is NCCOCCSC1=CC(=O)c2[nH]ncc2C1=O. The second-order valence-electron chi connectivity index (χ2n) is 3.61. The van der Waals surface area contributed by atoms with E-state index in [1.807, 2.05) is 0 Å². The Bertz CT molecular complexity index is 495. The summed E-state index contributed by atoms with van der Waals surface area (Å²) in [6, 6.07) is 0. The van der Waals surface area contributed by atoms with E-state index in [9.17, 15) is 9.59 Å². The van der Waals surface area contributed by atoms with Crippen LogP contribution in [0.5, 0.6) is 0 Å². The lowest BCUT2D eigenvalue weighted by atomic mass is 10.0. The molecule has 0 amide bonds. The molecule has 0 spiro atoms. The van der Waals surface area contributed by atoms with Crippen LogP contribution in [0.4, 0.5) is 0 Å². The predicted molar refractivity (Wildman–Crippen MR) is 67.7 cm³/mol. The minimum absolute atomic E-state index is 0.165. The molecule has 0 aromatic carbocycles. The maximum absolute atomic E-state index is 12.0. The number of rotatable bonds is 6. The number of hydrogen-bond donors (Lipinski definition) is 2. The zero-order chi connectivity index (χ0) is 13.0. The van der Waals surface area contributed by atoms with Gasteiger partial charge in [0.25, 0.3) is 0 Å². The fourth-order valence-corrected chi connectivity index (χ4v) is 2.39. The van der Waals surface area contributed by atoms with Gasteiger partial charge in [0.05, 0.1) is 29.9 Å². The normalized spacial score (nSPS) is 14.6. The Kier molecular flexibility index (Phi) is 4.29. The van der Waals surface area contributed by atoms with Gasteiger partial charge in [-0.15, -0.1) is 11.8 Å². The number of ketones is 2. The van der Waals surface area contributed by atoms with Crippen LogP contribution in [0.1, 0.15) is 20.8 Å². The van der Waals surface area contributed by atoms with Crippen molar-refractivity contribution in [1.82, 2.24) is 10.2 Å². The third kappa shape index (κ3) is 2.69. The zero-order valence-corrected chi connectivity index (χ0v) is 10.5. The summed E-state index contributed by atoms with van der Waals surface area (Å²) in [4.78, 5) is 24.1. The van der Waals surface area contributed by atoms with Crippen molar-refractivity contribution in [1.29, 1.82) is 0 Å². The van der Waals surface area contributed by atoms with Crippen molar-refractivity contribution in [2.24, 2.45) is 5.73 Å². The Morgan fingerprint density at radius 1 is 1.39 bits per heavy atom. The Balaban J connectivity index is 1.94. The molecule has 0 saturated carbocycles. The summed E-state index contributed by atoms with van der Waals surface area (Å²) >= 11 is 1.31. The van der Waals surface area contributed by atoms with E-state index in [0.717, 1.165) is 0 Å². The molecule has 0 saturated heterocycles. The van der Waals surface area contributed by atoms with Crippen LogP contribution in [0.2, 0.25) is 0 Å². The van der Waals surface area contributed by atoms with E-state index in [1.165, 1.54) is 24.0 Å². The maximum atomic E-state index is 12.0. The number of H-pyrrole nitrogens is 1. The second-order valence-corrected chi connectivity index (χ2v) is 4.75. The van der Waals surface area contributed by atoms with E-state index in [4.69, 9.17) is 10.5 Å². The van der Waals surface area contributed by atoms with Crippen molar-refractivity contribution in [3.8, 4) is 0 Å².